The summed E-state index contributed by atoms with van der Waals surface area (Å²) in [5.41, 5.74) is 21.7. The van der Waals surface area contributed by atoms with Crippen LogP contribution < -0.4 is 11.5 Å². The average molecular weight is 631 g/mol. The first-order chi connectivity index (χ1) is 23.0. The van der Waals surface area contributed by atoms with Gasteiger partial charge in [-0.3, -0.25) is 0 Å². The fraction of sp³-hybridized carbons (Fsp3) is 0.467. The van der Waals surface area contributed by atoms with Gasteiger partial charge >= 0.3 is 0 Å². The minimum atomic E-state index is 0.401. The number of nitrogen functional groups attached to an aromatic ring is 2. The molecule has 0 bridgehead atoms. The van der Waals surface area contributed by atoms with E-state index < -0.39 is 0 Å². The van der Waals surface area contributed by atoms with Crippen molar-refractivity contribution in [3.63, 3.8) is 0 Å². The highest BCUT2D eigenvalue weighted by atomic mass is 14.5. The zero-order valence-corrected chi connectivity index (χ0v) is 29.6. The van der Waals surface area contributed by atoms with Crippen LogP contribution in [0.2, 0.25) is 0 Å². The average Bonchev–Trinajstić information content (AvgIpc) is 3.10. The first kappa shape index (κ1) is 36.3. The van der Waals surface area contributed by atoms with Gasteiger partial charge in [-0.1, -0.05) is 170 Å². The Balaban J connectivity index is 0.910. The van der Waals surface area contributed by atoms with Crippen molar-refractivity contribution in [1.29, 1.82) is 0 Å². The second kappa shape index (κ2) is 20.7. The molecule has 4 rings (SSSR count). The Morgan fingerprint density at radius 3 is 0.787 bits per heavy atom. The van der Waals surface area contributed by atoms with Crippen LogP contribution in [0.4, 0.5) is 11.4 Å². The van der Waals surface area contributed by atoms with Gasteiger partial charge < -0.3 is 11.5 Å². The molecule has 0 radical (unpaired) electrons. The third-order valence-corrected chi connectivity index (χ3v) is 10.3. The molecule has 0 fully saturated rings. The Labute approximate surface area is 287 Å². The third kappa shape index (κ3) is 13.3. The molecule has 4 aromatic carbocycles. The van der Waals surface area contributed by atoms with Gasteiger partial charge in [-0.25, -0.2) is 0 Å². The summed E-state index contributed by atoms with van der Waals surface area (Å²) in [6.45, 7) is 4.55. The molecule has 252 valence electrons. The Kier molecular flexibility index (Phi) is 16.0. The van der Waals surface area contributed by atoms with Crippen molar-refractivity contribution in [3.8, 4) is 0 Å². The minimum absolute atomic E-state index is 0.401. The molecular weight excluding hydrogens is 569 g/mol. The van der Waals surface area contributed by atoms with Crippen LogP contribution in [-0.2, 0) is 12.8 Å². The van der Waals surface area contributed by atoms with Crippen LogP contribution in [0.1, 0.15) is 155 Å². The van der Waals surface area contributed by atoms with Crippen molar-refractivity contribution in [2.75, 3.05) is 11.5 Å². The fourth-order valence-corrected chi connectivity index (χ4v) is 6.86. The molecule has 0 aliphatic rings. The summed E-state index contributed by atoms with van der Waals surface area (Å²) in [6.07, 6.45) is 23.3. The predicted octanol–water partition coefficient (Wildman–Crippen LogP) is 12.8. The lowest BCUT2D eigenvalue weighted by Gasteiger charge is -2.13. The summed E-state index contributed by atoms with van der Waals surface area (Å²) in [5.74, 6) is 0.801. The van der Waals surface area contributed by atoms with E-state index in [1.807, 2.05) is 24.3 Å². The molecule has 47 heavy (non-hydrogen) atoms. The molecule has 0 saturated carbocycles. The highest BCUT2D eigenvalue weighted by Crippen LogP contribution is 2.27. The largest absolute Gasteiger partial charge is 0.399 e. The first-order valence-electron chi connectivity index (χ1n) is 18.9. The van der Waals surface area contributed by atoms with E-state index in [9.17, 15) is 0 Å². The number of benzene rings is 4. The minimum Gasteiger partial charge on any atom is -0.399 e. The van der Waals surface area contributed by atoms with Crippen LogP contribution in [0.25, 0.3) is 0 Å². The van der Waals surface area contributed by atoms with E-state index in [4.69, 9.17) is 11.5 Å². The van der Waals surface area contributed by atoms with E-state index in [1.165, 1.54) is 143 Å². The van der Waals surface area contributed by atoms with Gasteiger partial charge in [0.15, 0.2) is 0 Å². The number of hydrogen-bond donors (Lipinski definition) is 2. The zero-order chi connectivity index (χ0) is 33.1. The van der Waals surface area contributed by atoms with Crippen molar-refractivity contribution >= 4 is 11.4 Å². The summed E-state index contributed by atoms with van der Waals surface area (Å²) in [6, 6.07) is 35.1. The fourth-order valence-electron chi connectivity index (χ4n) is 6.86. The van der Waals surface area contributed by atoms with Gasteiger partial charge in [0.05, 0.1) is 0 Å². The Morgan fingerprint density at radius 1 is 0.319 bits per heavy atom. The number of aryl methyl sites for hydroxylation is 2. The van der Waals surface area contributed by atoms with Crippen LogP contribution >= 0.6 is 0 Å². The van der Waals surface area contributed by atoms with E-state index in [1.54, 1.807) is 0 Å². The van der Waals surface area contributed by atoms with Crippen molar-refractivity contribution in [3.05, 3.63) is 130 Å². The van der Waals surface area contributed by atoms with E-state index in [0.29, 0.717) is 11.8 Å². The smallest absolute Gasteiger partial charge is 0.0314 e. The maximum absolute atomic E-state index is 5.85. The predicted molar refractivity (Wildman–Crippen MR) is 206 cm³/mol. The molecule has 2 nitrogen and oxygen atoms in total. The number of unbranched alkanes of at least 4 members (excludes halogenated alkanes) is 14. The lowest BCUT2D eigenvalue weighted by atomic mass is 9.92. The Bertz CT molecular complexity index is 1260. The summed E-state index contributed by atoms with van der Waals surface area (Å²) < 4.78 is 0. The molecule has 0 heterocycles. The lowest BCUT2D eigenvalue weighted by molar-refractivity contribution is 0.530. The van der Waals surface area contributed by atoms with Gasteiger partial charge in [-0.15, -0.1) is 0 Å². The summed E-state index contributed by atoms with van der Waals surface area (Å²) >= 11 is 0. The molecule has 0 aliphatic heterocycles. The molecule has 0 spiro atoms. The van der Waals surface area contributed by atoms with Crippen molar-refractivity contribution < 1.29 is 0 Å². The normalized spacial score (nSPS) is 12.6. The molecule has 0 aromatic heterocycles. The number of anilines is 2. The van der Waals surface area contributed by atoms with Crippen molar-refractivity contribution in [1.82, 2.24) is 0 Å². The maximum Gasteiger partial charge on any atom is 0.0314 e. The molecule has 0 amide bonds. The van der Waals surface area contributed by atoms with Crippen LogP contribution in [0, 0.1) is 0 Å². The molecule has 4 N–H and O–H groups in total. The highest BCUT2D eigenvalue weighted by molar-refractivity contribution is 5.44. The maximum atomic E-state index is 5.85. The highest BCUT2D eigenvalue weighted by Gasteiger charge is 2.09. The molecule has 0 aliphatic carbocycles. The molecule has 4 aromatic rings. The summed E-state index contributed by atoms with van der Waals surface area (Å²) in [4.78, 5) is 0. The van der Waals surface area contributed by atoms with Gasteiger partial charge in [0.1, 0.15) is 0 Å². The topological polar surface area (TPSA) is 52.0 Å². The Morgan fingerprint density at radius 2 is 0.532 bits per heavy atom. The van der Waals surface area contributed by atoms with Gasteiger partial charge in [-0.05, 0) is 83.3 Å². The summed E-state index contributed by atoms with van der Waals surface area (Å²) in [5, 5.41) is 0. The van der Waals surface area contributed by atoms with Crippen LogP contribution in [0.15, 0.2) is 97.1 Å². The summed E-state index contributed by atoms with van der Waals surface area (Å²) in [7, 11) is 0. The number of nitrogens with two attached hydrogens (primary N) is 2. The second-order valence-electron chi connectivity index (χ2n) is 14.1. The van der Waals surface area contributed by atoms with E-state index in [2.05, 4.69) is 86.6 Å². The molecule has 2 unspecified atom stereocenters. The van der Waals surface area contributed by atoms with Crippen molar-refractivity contribution in [2.45, 2.75) is 135 Å². The standard InChI is InChI=1S/C45H62N2/c1-36(42-28-32-44(46)33-29-42)40-24-20-38(21-25-40)18-16-14-12-10-8-6-4-3-5-7-9-11-13-15-17-19-39-22-26-41(27-23-39)37(2)43-30-34-45(47)35-31-43/h20-37H,3-19,46-47H2,1-2H3. The first-order valence-corrected chi connectivity index (χ1v) is 18.9. The zero-order valence-electron chi connectivity index (χ0n) is 29.6. The van der Waals surface area contributed by atoms with Gasteiger partial charge in [0.2, 0.25) is 0 Å². The van der Waals surface area contributed by atoms with Gasteiger partial charge in [0.25, 0.3) is 0 Å². The van der Waals surface area contributed by atoms with Crippen molar-refractivity contribution in [2.24, 2.45) is 0 Å². The Hall–Kier alpha value is -3.52. The molecule has 2 heteroatoms. The van der Waals surface area contributed by atoms with E-state index >= 15 is 0 Å². The van der Waals surface area contributed by atoms with E-state index in [0.717, 1.165) is 11.4 Å². The second-order valence-corrected chi connectivity index (χ2v) is 14.1. The molecule has 2 atom stereocenters. The monoisotopic (exact) mass is 630 g/mol. The quantitative estimate of drug-likeness (QED) is 0.0670. The van der Waals surface area contributed by atoms with E-state index in [-0.39, 0.29) is 0 Å². The number of rotatable bonds is 22. The molecule has 0 saturated heterocycles. The SMILES string of the molecule is CC(c1ccc(N)cc1)c1ccc(CCCCCCCCCCCCCCCCCc2ccc(C(C)c3ccc(N)cc3)cc2)cc1. The number of hydrogen-bond acceptors (Lipinski definition) is 2. The van der Waals surface area contributed by atoms with Gasteiger partial charge in [-0.2, -0.15) is 0 Å². The third-order valence-electron chi connectivity index (χ3n) is 10.3. The lowest BCUT2D eigenvalue weighted by Crippen LogP contribution is -1.97. The van der Waals surface area contributed by atoms with Crippen LogP contribution in [-0.4, -0.2) is 0 Å². The molecular formula is C45H62N2. The van der Waals surface area contributed by atoms with Crippen LogP contribution in [0.3, 0.4) is 0 Å². The van der Waals surface area contributed by atoms with Crippen LogP contribution in [0.5, 0.6) is 0 Å². The van der Waals surface area contributed by atoms with Gasteiger partial charge in [0, 0.05) is 23.2 Å².